The molecule has 9 nitrogen and oxygen atoms in total. The van der Waals surface area contributed by atoms with Crippen molar-refractivity contribution < 1.29 is 19.8 Å². The van der Waals surface area contributed by atoms with Gasteiger partial charge in [-0.2, -0.15) is 0 Å². The summed E-state index contributed by atoms with van der Waals surface area (Å²) in [5.74, 6) is 5.04. The molecule has 1 saturated heterocycles. The van der Waals surface area contributed by atoms with Crippen LogP contribution in [-0.2, 0) is 9.57 Å². The zero-order valence-corrected chi connectivity index (χ0v) is 9.22. The number of rotatable bonds is 3. The maximum atomic E-state index is 11.6. The van der Waals surface area contributed by atoms with E-state index in [1.807, 2.05) is 4.98 Å². The van der Waals surface area contributed by atoms with E-state index in [1.54, 1.807) is 0 Å². The minimum atomic E-state index is -1.18. The van der Waals surface area contributed by atoms with Crippen molar-refractivity contribution in [3.05, 3.63) is 33.1 Å². The first-order chi connectivity index (χ1) is 8.58. The first kappa shape index (κ1) is 12.9. The van der Waals surface area contributed by atoms with Crippen LogP contribution in [0.25, 0.3) is 0 Å². The van der Waals surface area contributed by atoms with E-state index in [0.717, 1.165) is 10.6 Å². The third-order valence-corrected chi connectivity index (χ3v) is 2.78. The summed E-state index contributed by atoms with van der Waals surface area (Å²) < 4.78 is 6.29. The SMILES string of the molecule is NOC1[C@@H](O)[C@@H](CO)O[C@H]1n1ccc(=O)[nH]c1=O. The maximum absolute atomic E-state index is 11.6. The summed E-state index contributed by atoms with van der Waals surface area (Å²) in [7, 11) is 0. The van der Waals surface area contributed by atoms with Crippen LogP contribution in [-0.4, -0.2) is 44.7 Å². The molecule has 1 aromatic heterocycles. The van der Waals surface area contributed by atoms with Crippen molar-refractivity contribution in [3.8, 4) is 0 Å². The molecule has 0 amide bonds. The summed E-state index contributed by atoms with van der Waals surface area (Å²) in [4.78, 5) is 29.1. The van der Waals surface area contributed by atoms with Gasteiger partial charge in [-0.15, -0.1) is 0 Å². The zero-order chi connectivity index (χ0) is 13.3. The van der Waals surface area contributed by atoms with Gasteiger partial charge in [0.1, 0.15) is 12.2 Å². The highest BCUT2D eigenvalue weighted by Gasteiger charge is 2.45. The first-order valence-corrected chi connectivity index (χ1v) is 5.20. The van der Waals surface area contributed by atoms with Gasteiger partial charge in [0, 0.05) is 12.3 Å². The second-order valence-corrected chi connectivity index (χ2v) is 3.86. The Balaban J connectivity index is 2.38. The lowest BCUT2D eigenvalue weighted by atomic mass is 10.1. The summed E-state index contributed by atoms with van der Waals surface area (Å²) in [6.07, 6.45) is -2.94. The van der Waals surface area contributed by atoms with Crippen LogP contribution in [0.1, 0.15) is 6.23 Å². The number of hydrogen-bond acceptors (Lipinski definition) is 7. The minimum absolute atomic E-state index is 0.449. The number of ether oxygens (including phenoxy) is 1. The van der Waals surface area contributed by atoms with Crippen LogP contribution in [0.15, 0.2) is 21.9 Å². The molecule has 0 radical (unpaired) electrons. The monoisotopic (exact) mass is 259 g/mol. The number of aliphatic hydroxyl groups excluding tert-OH is 2. The standard InChI is InChI=1S/C9H13N3O6/c10-18-7-6(15)4(3-13)17-8(7)12-2-1-5(14)11-9(12)16/h1-2,4,6-8,13,15H,3,10H2,(H,11,14,16)/t4-,6+,7?,8-/m1/s1. The molecule has 18 heavy (non-hydrogen) atoms. The summed E-state index contributed by atoms with van der Waals surface area (Å²) in [6.45, 7) is -0.449. The molecule has 1 fully saturated rings. The van der Waals surface area contributed by atoms with Gasteiger partial charge in [0.25, 0.3) is 5.56 Å². The molecule has 1 aliphatic rings. The lowest BCUT2D eigenvalue weighted by molar-refractivity contribution is -0.0756. The van der Waals surface area contributed by atoms with Crippen LogP contribution in [0.2, 0.25) is 0 Å². The van der Waals surface area contributed by atoms with Crippen LogP contribution < -0.4 is 17.1 Å². The summed E-state index contributed by atoms with van der Waals surface area (Å²) >= 11 is 0. The summed E-state index contributed by atoms with van der Waals surface area (Å²) in [5, 5.41) is 18.7. The fourth-order valence-electron chi connectivity index (χ4n) is 1.87. The average Bonchev–Trinajstić information content (AvgIpc) is 2.65. The summed E-state index contributed by atoms with van der Waals surface area (Å²) in [6, 6.07) is 1.12. The van der Waals surface area contributed by atoms with Crippen LogP contribution in [0.5, 0.6) is 0 Å². The van der Waals surface area contributed by atoms with Gasteiger partial charge in [0.2, 0.25) is 0 Å². The molecular weight excluding hydrogens is 246 g/mol. The quantitative estimate of drug-likeness (QED) is 0.425. The van der Waals surface area contributed by atoms with E-state index in [9.17, 15) is 14.7 Å². The van der Waals surface area contributed by atoms with Crippen molar-refractivity contribution in [1.82, 2.24) is 9.55 Å². The Morgan fingerprint density at radius 3 is 2.83 bits per heavy atom. The lowest BCUT2D eigenvalue weighted by Gasteiger charge is -2.19. The minimum Gasteiger partial charge on any atom is -0.394 e. The highest BCUT2D eigenvalue weighted by Crippen LogP contribution is 2.29. The number of aromatic amines is 1. The van der Waals surface area contributed by atoms with Crippen LogP contribution >= 0.6 is 0 Å². The van der Waals surface area contributed by atoms with Gasteiger partial charge >= 0.3 is 5.69 Å². The van der Waals surface area contributed by atoms with E-state index in [4.69, 9.17) is 15.7 Å². The number of nitrogens with zero attached hydrogens (tertiary/aromatic N) is 1. The lowest BCUT2D eigenvalue weighted by Crippen LogP contribution is -2.40. The molecule has 2 rings (SSSR count). The Bertz CT molecular complexity index is 526. The predicted molar refractivity (Wildman–Crippen MR) is 57.4 cm³/mol. The van der Waals surface area contributed by atoms with Crippen LogP contribution in [0, 0.1) is 0 Å². The second kappa shape index (κ2) is 5.00. The third-order valence-electron chi connectivity index (χ3n) is 2.78. The van der Waals surface area contributed by atoms with Gasteiger partial charge in [-0.1, -0.05) is 0 Å². The Hall–Kier alpha value is -1.52. The van der Waals surface area contributed by atoms with Gasteiger partial charge in [-0.3, -0.25) is 19.2 Å². The molecule has 1 aliphatic heterocycles. The molecule has 0 aromatic carbocycles. The van der Waals surface area contributed by atoms with E-state index in [-0.39, 0.29) is 0 Å². The van der Waals surface area contributed by atoms with Gasteiger partial charge < -0.3 is 14.9 Å². The molecule has 5 N–H and O–H groups in total. The van der Waals surface area contributed by atoms with E-state index >= 15 is 0 Å². The van der Waals surface area contributed by atoms with Crippen molar-refractivity contribution >= 4 is 0 Å². The van der Waals surface area contributed by atoms with Gasteiger partial charge in [0.15, 0.2) is 12.3 Å². The largest absolute Gasteiger partial charge is 0.394 e. The Morgan fingerprint density at radius 2 is 2.28 bits per heavy atom. The van der Waals surface area contributed by atoms with Gasteiger partial charge in [-0.25, -0.2) is 10.7 Å². The fourth-order valence-corrected chi connectivity index (χ4v) is 1.87. The van der Waals surface area contributed by atoms with Crippen molar-refractivity contribution in [3.63, 3.8) is 0 Å². The van der Waals surface area contributed by atoms with E-state index in [1.165, 1.54) is 6.20 Å². The molecular formula is C9H13N3O6. The fraction of sp³-hybridized carbons (Fsp3) is 0.556. The number of H-pyrrole nitrogens is 1. The molecule has 2 heterocycles. The number of aromatic nitrogens is 2. The topological polar surface area (TPSA) is 140 Å². The second-order valence-electron chi connectivity index (χ2n) is 3.86. The number of nitrogens with two attached hydrogens (primary N) is 1. The average molecular weight is 259 g/mol. The molecule has 1 unspecified atom stereocenters. The molecule has 0 saturated carbocycles. The zero-order valence-electron chi connectivity index (χ0n) is 9.22. The maximum Gasteiger partial charge on any atom is 0.330 e. The van der Waals surface area contributed by atoms with E-state index in [0.29, 0.717) is 0 Å². The smallest absolute Gasteiger partial charge is 0.330 e. The highest BCUT2D eigenvalue weighted by atomic mass is 16.7. The Labute approximate surface area is 100 Å². The highest BCUT2D eigenvalue weighted by molar-refractivity contribution is 4.93. The number of aliphatic hydroxyl groups is 2. The van der Waals surface area contributed by atoms with Crippen molar-refractivity contribution in [2.45, 2.75) is 24.5 Å². The van der Waals surface area contributed by atoms with Crippen molar-refractivity contribution in [2.24, 2.45) is 5.90 Å². The summed E-state index contributed by atoms with van der Waals surface area (Å²) in [5.41, 5.74) is -1.28. The van der Waals surface area contributed by atoms with Crippen LogP contribution in [0.4, 0.5) is 0 Å². The molecule has 1 aromatic rings. The van der Waals surface area contributed by atoms with E-state index in [2.05, 4.69) is 4.84 Å². The van der Waals surface area contributed by atoms with E-state index < -0.39 is 42.4 Å². The van der Waals surface area contributed by atoms with Gasteiger partial charge in [0.05, 0.1) is 6.61 Å². The molecule has 100 valence electrons. The normalized spacial score (nSPS) is 31.7. The van der Waals surface area contributed by atoms with Gasteiger partial charge in [-0.05, 0) is 0 Å². The first-order valence-electron chi connectivity index (χ1n) is 5.20. The molecule has 0 spiro atoms. The third kappa shape index (κ3) is 2.09. The van der Waals surface area contributed by atoms with Crippen molar-refractivity contribution in [1.29, 1.82) is 0 Å². The Morgan fingerprint density at radius 1 is 1.56 bits per heavy atom. The molecule has 9 heteroatoms. The number of nitrogens with one attached hydrogen (secondary N) is 1. The molecule has 4 atom stereocenters. The number of hydrogen-bond donors (Lipinski definition) is 4. The van der Waals surface area contributed by atoms with Crippen molar-refractivity contribution in [2.75, 3.05) is 6.61 Å². The Kier molecular flexibility index (Phi) is 3.59. The molecule has 0 bridgehead atoms. The molecule has 0 aliphatic carbocycles. The van der Waals surface area contributed by atoms with Crippen LogP contribution in [0.3, 0.4) is 0 Å². The predicted octanol–water partition coefficient (Wildman–Crippen LogP) is -2.95.